The number of anilines is 2. The summed E-state index contributed by atoms with van der Waals surface area (Å²) in [6, 6.07) is 4.95. The number of hydrogen-bond acceptors (Lipinski definition) is 8. The Labute approximate surface area is 240 Å². The van der Waals surface area contributed by atoms with Gasteiger partial charge < -0.3 is 25.2 Å². The van der Waals surface area contributed by atoms with Crippen LogP contribution in [-0.2, 0) is 0 Å². The third kappa shape index (κ3) is 8.20. The SMILES string of the molecule is C/C=C\C(=C/CC)Nc1nc2cc(C(O)C(C)(C)O)ncc2nc1N1CCC(Oc2ccc(F)cc2F)CC1.CC. The maximum absolute atomic E-state index is 14.1. The number of halogens is 2. The fraction of sp³-hybridized carbons (Fsp3) is 0.452. The molecule has 3 aromatic rings. The van der Waals surface area contributed by atoms with Crippen molar-refractivity contribution in [2.75, 3.05) is 23.3 Å². The Morgan fingerprint density at radius 1 is 1.17 bits per heavy atom. The molecule has 10 heteroatoms. The van der Waals surface area contributed by atoms with Gasteiger partial charge in [0, 0.05) is 37.7 Å². The quantitative estimate of drug-likeness (QED) is 0.252. The van der Waals surface area contributed by atoms with Gasteiger partial charge in [-0.05, 0) is 51.5 Å². The average molecular weight is 570 g/mol. The molecule has 0 spiro atoms. The first-order valence-corrected chi connectivity index (χ1v) is 14.1. The predicted molar refractivity (Wildman–Crippen MR) is 159 cm³/mol. The lowest BCUT2D eigenvalue weighted by molar-refractivity contribution is -0.0516. The first kappa shape index (κ1) is 31.9. The van der Waals surface area contributed by atoms with Crippen LogP contribution in [-0.4, -0.2) is 50.0 Å². The van der Waals surface area contributed by atoms with Crippen LogP contribution in [0.1, 0.15) is 72.6 Å². The molecule has 2 aromatic heterocycles. The highest BCUT2D eigenvalue weighted by molar-refractivity contribution is 5.81. The van der Waals surface area contributed by atoms with E-state index < -0.39 is 23.3 Å². The molecule has 0 amide bonds. The minimum Gasteiger partial charge on any atom is -0.487 e. The van der Waals surface area contributed by atoms with Gasteiger partial charge in [-0.15, -0.1) is 0 Å². The van der Waals surface area contributed by atoms with Gasteiger partial charge in [0.1, 0.15) is 23.5 Å². The number of aliphatic hydroxyl groups excluding tert-OH is 1. The average Bonchev–Trinajstić information content (AvgIpc) is 2.95. The highest BCUT2D eigenvalue weighted by Gasteiger charge is 2.29. The second-order valence-corrected chi connectivity index (χ2v) is 10.1. The lowest BCUT2D eigenvalue weighted by Crippen LogP contribution is -2.39. The summed E-state index contributed by atoms with van der Waals surface area (Å²) in [7, 11) is 0. The number of fused-ring (bicyclic) bond motifs is 1. The first-order chi connectivity index (χ1) is 19.6. The summed E-state index contributed by atoms with van der Waals surface area (Å²) in [5, 5.41) is 24.2. The molecule has 0 bridgehead atoms. The molecule has 4 rings (SSSR count). The number of aromatic nitrogens is 3. The van der Waals surface area contributed by atoms with E-state index in [1.807, 2.05) is 45.9 Å². The maximum Gasteiger partial charge on any atom is 0.174 e. The Balaban J connectivity index is 0.00000226. The molecule has 41 heavy (non-hydrogen) atoms. The van der Waals surface area contributed by atoms with Crippen molar-refractivity contribution in [3.05, 3.63) is 71.7 Å². The number of benzene rings is 1. The van der Waals surface area contributed by atoms with Crippen LogP contribution in [0.3, 0.4) is 0 Å². The fourth-order valence-electron chi connectivity index (χ4n) is 4.41. The molecular weight excluding hydrogens is 528 g/mol. The summed E-state index contributed by atoms with van der Waals surface area (Å²) < 4.78 is 33.2. The van der Waals surface area contributed by atoms with Gasteiger partial charge in [-0.3, -0.25) is 4.98 Å². The van der Waals surface area contributed by atoms with Crippen LogP contribution in [0.4, 0.5) is 20.4 Å². The number of ether oxygens (including phenoxy) is 1. The number of piperidine rings is 1. The summed E-state index contributed by atoms with van der Waals surface area (Å²) in [6.07, 6.45) is 8.09. The van der Waals surface area contributed by atoms with Gasteiger partial charge in [0.05, 0.1) is 23.0 Å². The summed E-state index contributed by atoms with van der Waals surface area (Å²) in [5.41, 5.74) is 0.857. The number of hydrogen-bond donors (Lipinski definition) is 3. The van der Waals surface area contributed by atoms with E-state index in [1.54, 1.807) is 12.3 Å². The van der Waals surface area contributed by atoms with Gasteiger partial charge in [0.25, 0.3) is 0 Å². The van der Waals surface area contributed by atoms with Gasteiger partial charge in [-0.25, -0.2) is 18.7 Å². The highest BCUT2D eigenvalue weighted by atomic mass is 19.1. The molecule has 0 aliphatic carbocycles. The predicted octanol–water partition coefficient (Wildman–Crippen LogP) is 6.46. The molecular formula is C31H41F2N5O3. The molecule has 1 unspecified atom stereocenters. The van der Waals surface area contributed by atoms with Crippen molar-refractivity contribution in [2.45, 2.75) is 78.6 Å². The van der Waals surface area contributed by atoms with E-state index in [0.29, 0.717) is 54.3 Å². The molecule has 222 valence electrons. The Morgan fingerprint density at radius 3 is 2.49 bits per heavy atom. The standard InChI is InChI=1S/C29H35F2N5O3.C2H6/c1-5-7-19(8-6-2)33-27-28(35-24-17-32-23(16-22(24)34-27)26(37)29(3,4)38)36-13-11-20(12-14-36)39-25-10-9-18(30)15-21(25)31;1-2/h5,7-10,15-17,20,26,37-38H,6,11-14H2,1-4H3,(H,33,34);1-2H3/b7-5-,19-8+;. The maximum atomic E-state index is 14.1. The van der Waals surface area contributed by atoms with Crippen LogP contribution in [0.2, 0.25) is 0 Å². The Morgan fingerprint density at radius 2 is 1.88 bits per heavy atom. The molecule has 8 nitrogen and oxygen atoms in total. The monoisotopic (exact) mass is 569 g/mol. The molecule has 1 aromatic carbocycles. The third-order valence-corrected chi connectivity index (χ3v) is 6.46. The Bertz CT molecular complexity index is 1370. The summed E-state index contributed by atoms with van der Waals surface area (Å²) in [4.78, 5) is 16.1. The molecule has 1 aliphatic rings. The number of aliphatic hydroxyl groups is 2. The minimum atomic E-state index is -1.37. The molecule has 1 saturated heterocycles. The van der Waals surface area contributed by atoms with E-state index in [4.69, 9.17) is 14.7 Å². The number of allylic oxidation sites excluding steroid dienone is 3. The third-order valence-electron chi connectivity index (χ3n) is 6.46. The lowest BCUT2D eigenvalue weighted by atomic mass is 9.98. The van der Waals surface area contributed by atoms with E-state index in [0.717, 1.165) is 18.2 Å². The van der Waals surface area contributed by atoms with Gasteiger partial charge in [0.2, 0.25) is 0 Å². The van der Waals surface area contributed by atoms with Crippen LogP contribution in [0.15, 0.2) is 54.4 Å². The van der Waals surface area contributed by atoms with E-state index >= 15 is 0 Å². The van der Waals surface area contributed by atoms with E-state index in [1.165, 1.54) is 26.0 Å². The highest BCUT2D eigenvalue weighted by Crippen LogP contribution is 2.32. The largest absolute Gasteiger partial charge is 0.487 e. The Hall–Kier alpha value is -3.63. The van der Waals surface area contributed by atoms with Crippen molar-refractivity contribution >= 4 is 22.7 Å². The van der Waals surface area contributed by atoms with E-state index in [2.05, 4.69) is 15.2 Å². The summed E-state index contributed by atoms with van der Waals surface area (Å²) >= 11 is 0. The molecule has 0 saturated carbocycles. The smallest absolute Gasteiger partial charge is 0.174 e. The van der Waals surface area contributed by atoms with Crippen LogP contribution in [0, 0.1) is 11.6 Å². The van der Waals surface area contributed by atoms with Crippen molar-refractivity contribution in [3.63, 3.8) is 0 Å². The number of pyridine rings is 1. The van der Waals surface area contributed by atoms with Crippen molar-refractivity contribution in [2.24, 2.45) is 0 Å². The summed E-state index contributed by atoms with van der Waals surface area (Å²) in [6.45, 7) is 12.2. The lowest BCUT2D eigenvalue weighted by Gasteiger charge is -2.34. The van der Waals surface area contributed by atoms with Gasteiger partial charge in [-0.2, -0.15) is 0 Å². The number of rotatable bonds is 9. The van der Waals surface area contributed by atoms with Gasteiger partial charge >= 0.3 is 0 Å². The second kappa shape index (κ2) is 14.3. The van der Waals surface area contributed by atoms with E-state index in [-0.39, 0.29) is 11.9 Å². The molecule has 3 N–H and O–H groups in total. The van der Waals surface area contributed by atoms with Crippen molar-refractivity contribution < 1.29 is 23.7 Å². The fourth-order valence-corrected chi connectivity index (χ4v) is 4.41. The molecule has 3 heterocycles. The number of nitrogens with one attached hydrogen (secondary N) is 1. The van der Waals surface area contributed by atoms with Gasteiger partial charge in [0.15, 0.2) is 23.2 Å². The Kier molecular flexibility index (Phi) is 11.1. The zero-order chi connectivity index (χ0) is 30.2. The van der Waals surface area contributed by atoms with Crippen molar-refractivity contribution in [1.82, 2.24) is 15.0 Å². The second-order valence-electron chi connectivity index (χ2n) is 10.1. The van der Waals surface area contributed by atoms with Crippen LogP contribution in [0.5, 0.6) is 5.75 Å². The molecule has 1 fully saturated rings. The molecule has 1 aliphatic heterocycles. The first-order valence-electron chi connectivity index (χ1n) is 14.1. The molecule has 1 atom stereocenters. The van der Waals surface area contributed by atoms with Crippen molar-refractivity contribution in [3.8, 4) is 5.75 Å². The van der Waals surface area contributed by atoms with Gasteiger partial charge in [-0.1, -0.05) is 32.9 Å². The van der Waals surface area contributed by atoms with Crippen LogP contribution < -0.4 is 15.0 Å². The summed E-state index contributed by atoms with van der Waals surface area (Å²) in [5.74, 6) is -0.143. The van der Waals surface area contributed by atoms with Crippen molar-refractivity contribution in [1.29, 1.82) is 0 Å². The normalized spacial score (nSPS) is 15.6. The number of nitrogens with zero attached hydrogens (tertiary/aromatic N) is 4. The van der Waals surface area contributed by atoms with E-state index in [9.17, 15) is 19.0 Å². The zero-order valence-corrected chi connectivity index (χ0v) is 24.7. The van der Waals surface area contributed by atoms with Crippen LogP contribution in [0.25, 0.3) is 11.0 Å². The molecule has 0 radical (unpaired) electrons. The zero-order valence-electron chi connectivity index (χ0n) is 24.7. The topological polar surface area (TPSA) is 104 Å². The van der Waals surface area contributed by atoms with Crippen LogP contribution >= 0.6 is 0 Å². The minimum absolute atomic E-state index is 0.0403.